The van der Waals surface area contributed by atoms with Gasteiger partial charge in [0.2, 0.25) is 0 Å². The lowest BCUT2D eigenvalue weighted by atomic mass is 9.97. The van der Waals surface area contributed by atoms with Gasteiger partial charge in [0.25, 0.3) is 5.91 Å². The van der Waals surface area contributed by atoms with Crippen LogP contribution in [0.1, 0.15) is 40.8 Å². The number of aromatic nitrogens is 3. The van der Waals surface area contributed by atoms with Crippen molar-refractivity contribution in [3.63, 3.8) is 0 Å². The molecule has 1 aliphatic heterocycles. The second-order valence-corrected chi connectivity index (χ2v) is 6.43. The molecule has 1 N–H and O–H groups in total. The first kappa shape index (κ1) is 14.9. The second-order valence-electron chi connectivity index (χ2n) is 6.43. The zero-order valence-electron chi connectivity index (χ0n) is 13.7. The lowest BCUT2D eigenvalue weighted by Gasteiger charge is -2.31. The lowest BCUT2D eigenvalue weighted by molar-refractivity contribution is 0.0699. The molecule has 1 fully saturated rings. The maximum Gasteiger partial charge on any atom is 0.272 e. The predicted octanol–water partition coefficient (Wildman–Crippen LogP) is 3.29. The third-order valence-electron chi connectivity index (χ3n) is 4.64. The first-order chi connectivity index (χ1) is 11.7. The number of nitrogens with zero attached hydrogens (tertiary/aromatic N) is 3. The topological polar surface area (TPSA) is 61.9 Å². The number of rotatable bonds is 2. The molecule has 1 amide bonds. The van der Waals surface area contributed by atoms with Gasteiger partial charge in [-0.1, -0.05) is 24.3 Å². The molecule has 24 heavy (non-hydrogen) atoms. The number of imidazole rings is 1. The molecule has 0 unspecified atom stereocenters. The van der Waals surface area contributed by atoms with E-state index in [1.165, 1.54) is 0 Å². The highest BCUT2D eigenvalue weighted by molar-refractivity contribution is 5.95. The number of fused-ring (bicyclic) bond motifs is 1. The van der Waals surface area contributed by atoms with Crippen LogP contribution in [0.5, 0.6) is 0 Å². The number of benzene rings is 1. The number of hydrogen-bond acceptors (Lipinski definition) is 3. The van der Waals surface area contributed by atoms with Crippen LogP contribution in [0.15, 0.2) is 42.6 Å². The number of carbonyl (C=O) groups excluding carboxylic acids is 1. The van der Waals surface area contributed by atoms with E-state index in [-0.39, 0.29) is 11.8 Å². The van der Waals surface area contributed by atoms with Crippen LogP contribution in [0.2, 0.25) is 0 Å². The zero-order chi connectivity index (χ0) is 16.5. The fourth-order valence-electron chi connectivity index (χ4n) is 3.37. The Hall–Kier alpha value is -2.69. The Balaban J connectivity index is 1.56. The average molecular weight is 320 g/mol. The van der Waals surface area contributed by atoms with E-state index in [1.54, 1.807) is 0 Å². The van der Waals surface area contributed by atoms with Gasteiger partial charge in [0.1, 0.15) is 11.5 Å². The molecule has 2 aromatic heterocycles. The maximum absolute atomic E-state index is 12.9. The Labute approximate surface area is 140 Å². The molecule has 122 valence electrons. The fraction of sp³-hybridized carbons (Fsp3) is 0.316. The normalized spacial score (nSPS) is 18.0. The van der Waals surface area contributed by atoms with E-state index in [0.29, 0.717) is 12.2 Å². The van der Waals surface area contributed by atoms with Crippen molar-refractivity contribution in [3.8, 4) is 0 Å². The maximum atomic E-state index is 12.9. The van der Waals surface area contributed by atoms with Gasteiger partial charge in [-0.05, 0) is 31.9 Å². The molecule has 0 spiro atoms. The number of amides is 1. The van der Waals surface area contributed by atoms with Gasteiger partial charge in [0.15, 0.2) is 0 Å². The van der Waals surface area contributed by atoms with Gasteiger partial charge in [0.05, 0.1) is 5.52 Å². The van der Waals surface area contributed by atoms with Crippen molar-refractivity contribution in [3.05, 3.63) is 59.8 Å². The van der Waals surface area contributed by atoms with E-state index < -0.39 is 0 Å². The SMILES string of the molecule is Cc1cnc([C@H]2CCCN(C(=O)c3ccc4ccccc4n3)C2)[nH]1. The molecule has 1 aromatic carbocycles. The van der Waals surface area contributed by atoms with Gasteiger partial charge in [-0.15, -0.1) is 0 Å². The molecule has 0 aliphatic carbocycles. The summed E-state index contributed by atoms with van der Waals surface area (Å²) in [5, 5.41) is 1.05. The summed E-state index contributed by atoms with van der Waals surface area (Å²) < 4.78 is 0. The predicted molar refractivity (Wildman–Crippen MR) is 92.9 cm³/mol. The fourth-order valence-corrected chi connectivity index (χ4v) is 3.37. The van der Waals surface area contributed by atoms with E-state index in [0.717, 1.165) is 41.8 Å². The molecule has 1 aliphatic rings. The number of H-pyrrole nitrogens is 1. The van der Waals surface area contributed by atoms with Crippen LogP contribution >= 0.6 is 0 Å². The van der Waals surface area contributed by atoms with Crippen LogP contribution in [-0.4, -0.2) is 38.8 Å². The molecular weight excluding hydrogens is 300 g/mol. The lowest BCUT2D eigenvalue weighted by Crippen LogP contribution is -2.39. The standard InChI is InChI=1S/C19H20N4O/c1-13-11-20-18(21-13)15-6-4-10-23(12-15)19(24)17-9-8-14-5-2-3-7-16(14)22-17/h2-3,5,7-9,11,15H,4,6,10,12H2,1H3,(H,20,21)/t15-/m0/s1. The van der Waals surface area contributed by atoms with Crippen LogP contribution in [-0.2, 0) is 0 Å². The number of aryl methyl sites for hydroxylation is 1. The number of pyridine rings is 1. The summed E-state index contributed by atoms with van der Waals surface area (Å²) in [6.45, 7) is 3.48. The first-order valence-corrected chi connectivity index (χ1v) is 8.37. The molecule has 3 aromatic rings. The first-order valence-electron chi connectivity index (χ1n) is 8.37. The molecular formula is C19H20N4O. The number of likely N-dealkylation sites (tertiary alicyclic amines) is 1. The number of aromatic amines is 1. The molecule has 0 bridgehead atoms. The summed E-state index contributed by atoms with van der Waals surface area (Å²) in [7, 11) is 0. The zero-order valence-corrected chi connectivity index (χ0v) is 13.7. The van der Waals surface area contributed by atoms with Crippen molar-refractivity contribution in [2.45, 2.75) is 25.7 Å². The highest BCUT2D eigenvalue weighted by Gasteiger charge is 2.27. The third-order valence-corrected chi connectivity index (χ3v) is 4.64. The monoisotopic (exact) mass is 320 g/mol. The molecule has 1 saturated heterocycles. The average Bonchev–Trinajstić information content (AvgIpc) is 3.07. The second kappa shape index (κ2) is 6.07. The molecule has 5 nitrogen and oxygen atoms in total. The number of nitrogens with one attached hydrogen (secondary N) is 1. The summed E-state index contributed by atoms with van der Waals surface area (Å²) in [6.07, 6.45) is 3.90. The molecule has 3 heterocycles. The van der Waals surface area contributed by atoms with Gasteiger partial charge in [0, 0.05) is 36.3 Å². The molecule has 1 atom stereocenters. The summed E-state index contributed by atoms with van der Waals surface area (Å²) in [4.78, 5) is 27.0. The Kier molecular flexibility index (Phi) is 3.76. The van der Waals surface area contributed by atoms with E-state index in [4.69, 9.17) is 0 Å². The van der Waals surface area contributed by atoms with Gasteiger partial charge in [-0.2, -0.15) is 0 Å². The minimum absolute atomic E-state index is 0.00808. The van der Waals surface area contributed by atoms with Crippen LogP contribution in [0.3, 0.4) is 0 Å². The van der Waals surface area contributed by atoms with Crippen molar-refractivity contribution in [1.29, 1.82) is 0 Å². The Morgan fingerprint density at radius 1 is 1.25 bits per heavy atom. The molecule has 0 saturated carbocycles. The van der Waals surface area contributed by atoms with Gasteiger partial charge in [-0.25, -0.2) is 9.97 Å². The van der Waals surface area contributed by atoms with Crippen LogP contribution < -0.4 is 0 Å². The largest absolute Gasteiger partial charge is 0.346 e. The van der Waals surface area contributed by atoms with Crippen molar-refractivity contribution in [2.75, 3.05) is 13.1 Å². The number of hydrogen-bond donors (Lipinski definition) is 1. The Morgan fingerprint density at radius 3 is 2.96 bits per heavy atom. The van der Waals surface area contributed by atoms with Gasteiger partial charge >= 0.3 is 0 Å². The van der Waals surface area contributed by atoms with Crippen LogP contribution in [0.4, 0.5) is 0 Å². The van der Waals surface area contributed by atoms with Crippen molar-refractivity contribution < 1.29 is 4.79 Å². The molecule has 4 rings (SSSR count). The summed E-state index contributed by atoms with van der Waals surface area (Å²) in [5.41, 5.74) is 2.44. The van der Waals surface area contributed by atoms with Gasteiger partial charge < -0.3 is 9.88 Å². The van der Waals surface area contributed by atoms with E-state index in [9.17, 15) is 4.79 Å². The highest BCUT2D eigenvalue weighted by Crippen LogP contribution is 2.26. The molecule has 5 heteroatoms. The summed E-state index contributed by atoms with van der Waals surface area (Å²) in [5.74, 6) is 1.27. The number of carbonyl (C=O) groups is 1. The number of piperidine rings is 1. The highest BCUT2D eigenvalue weighted by atomic mass is 16.2. The Bertz CT molecular complexity index is 886. The van der Waals surface area contributed by atoms with Gasteiger partial charge in [-0.3, -0.25) is 4.79 Å². The van der Waals surface area contributed by atoms with E-state index in [1.807, 2.05) is 54.4 Å². The summed E-state index contributed by atoms with van der Waals surface area (Å²) >= 11 is 0. The minimum atomic E-state index is 0.00808. The molecule has 0 radical (unpaired) electrons. The van der Waals surface area contributed by atoms with Crippen molar-refractivity contribution in [1.82, 2.24) is 19.9 Å². The van der Waals surface area contributed by atoms with Crippen LogP contribution in [0.25, 0.3) is 10.9 Å². The third kappa shape index (κ3) is 2.77. The smallest absolute Gasteiger partial charge is 0.272 e. The van der Waals surface area contributed by atoms with E-state index >= 15 is 0 Å². The quantitative estimate of drug-likeness (QED) is 0.788. The minimum Gasteiger partial charge on any atom is -0.346 e. The number of para-hydroxylation sites is 1. The van der Waals surface area contributed by atoms with E-state index in [2.05, 4.69) is 15.0 Å². The van der Waals surface area contributed by atoms with Crippen LogP contribution in [0, 0.1) is 6.92 Å². The van der Waals surface area contributed by atoms with Crippen molar-refractivity contribution in [2.24, 2.45) is 0 Å². The Morgan fingerprint density at radius 2 is 2.12 bits per heavy atom. The summed E-state index contributed by atoms with van der Waals surface area (Å²) in [6, 6.07) is 11.7. The van der Waals surface area contributed by atoms with Crippen molar-refractivity contribution >= 4 is 16.8 Å².